The molecule has 0 saturated heterocycles. The van der Waals surface area contributed by atoms with Gasteiger partial charge in [0.2, 0.25) is 0 Å². The average molecular weight is 141 g/mol. The first-order valence-corrected chi connectivity index (χ1v) is 3.03. The quantitative estimate of drug-likeness (QED) is 0.406. The van der Waals surface area contributed by atoms with Crippen molar-refractivity contribution in [2.45, 2.75) is 6.54 Å². The molecule has 1 aromatic rings. The Kier molecular flexibility index (Phi) is 2.24. The molecule has 6 N–H and O–H groups in total. The zero-order chi connectivity index (χ0) is 7.40. The molecule has 0 amide bonds. The number of nitrogen functional groups attached to an aromatic ring is 1. The Hall–Kier alpha value is -1.07. The van der Waals surface area contributed by atoms with Gasteiger partial charge in [0.1, 0.15) is 5.82 Å². The van der Waals surface area contributed by atoms with Crippen LogP contribution in [-0.2, 0) is 6.54 Å². The number of nitrogens with two attached hydrogens (primary N) is 2. The fourth-order valence-corrected chi connectivity index (χ4v) is 0.669. The van der Waals surface area contributed by atoms with Gasteiger partial charge in [-0.3, -0.25) is 5.10 Å². The highest BCUT2D eigenvalue weighted by molar-refractivity contribution is 5.36. The van der Waals surface area contributed by atoms with E-state index in [4.69, 9.17) is 11.5 Å². The van der Waals surface area contributed by atoms with Crippen molar-refractivity contribution in [3.63, 3.8) is 0 Å². The van der Waals surface area contributed by atoms with Gasteiger partial charge < -0.3 is 16.8 Å². The van der Waals surface area contributed by atoms with Crippen LogP contribution in [0.25, 0.3) is 0 Å². The lowest BCUT2D eigenvalue weighted by atomic mass is 10.3. The van der Waals surface area contributed by atoms with Crippen molar-refractivity contribution < 1.29 is 0 Å². The van der Waals surface area contributed by atoms with Gasteiger partial charge in [-0.05, 0) is 0 Å². The van der Waals surface area contributed by atoms with E-state index in [-0.39, 0.29) is 0 Å². The van der Waals surface area contributed by atoms with Crippen LogP contribution in [0.1, 0.15) is 5.56 Å². The molecular formula is C5H11N5. The molecule has 0 aromatic carbocycles. The third-order valence-corrected chi connectivity index (χ3v) is 1.21. The van der Waals surface area contributed by atoms with Gasteiger partial charge in [-0.1, -0.05) is 0 Å². The molecule has 10 heavy (non-hydrogen) atoms. The second-order valence-electron chi connectivity index (χ2n) is 1.94. The van der Waals surface area contributed by atoms with E-state index in [9.17, 15) is 0 Å². The van der Waals surface area contributed by atoms with Gasteiger partial charge in [-0.2, -0.15) is 5.10 Å². The molecule has 0 fully saturated rings. The van der Waals surface area contributed by atoms with Crippen molar-refractivity contribution in [1.82, 2.24) is 15.5 Å². The van der Waals surface area contributed by atoms with Crippen LogP contribution in [0.15, 0.2) is 6.20 Å². The number of aromatic nitrogens is 2. The molecule has 1 rings (SSSR count). The molecular weight excluding hydrogens is 130 g/mol. The normalized spacial score (nSPS) is 10.1. The minimum absolute atomic E-state index is 0.449. The van der Waals surface area contributed by atoms with E-state index in [1.54, 1.807) is 6.20 Å². The summed E-state index contributed by atoms with van der Waals surface area (Å²) in [7, 11) is 0. The summed E-state index contributed by atoms with van der Waals surface area (Å²) < 4.78 is 0. The molecule has 0 atom stereocenters. The lowest BCUT2D eigenvalue weighted by Gasteiger charge is -1.97. The lowest BCUT2D eigenvalue weighted by molar-refractivity contribution is 0.710. The third kappa shape index (κ3) is 1.46. The molecule has 1 heterocycles. The predicted molar refractivity (Wildman–Crippen MR) is 38.9 cm³/mol. The smallest absolute Gasteiger partial charge is 0.123 e. The largest absolute Gasteiger partial charge is 0.384 e. The molecule has 5 heteroatoms. The molecule has 0 spiro atoms. The number of rotatable bonds is 3. The Morgan fingerprint density at radius 2 is 2.50 bits per heavy atom. The van der Waals surface area contributed by atoms with E-state index in [0.29, 0.717) is 19.0 Å². The molecule has 0 radical (unpaired) electrons. The van der Waals surface area contributed by atoms with E-state index < -0.39 is 0 Å². The number of nitrogens with zero attached hydrogens (tertiary/aromatic N) is 1. The monoisotopic (exact) mass is 141 g/mol. The summed E-state index contributed by atoms with van der Waals surface area (Å²) in [5.41, 5.74) is 11.6. The Bertz CT molecular complexity index is 194. The van der Waals surface area contributed by atoms with E-state index in [0.717, 1.165) is 5.56 Å². The molecule has 5 nitrogen and oxygen atoms in total. The second-order valence-corrected chi connectivity index (χ2v) is 1.94. The molecule has 0 unspecified atom stereocenters. The van der Waals surface area contributed by atoms with Crippen LogP contribution in [0.5, 0.6) is 0 Å². The summed E-state index contributed by atoms with van der Waals surface area (Å²) in [6.07, 6.45) is 1.68. The molecule has 0 saturated carbocycles. The fraction of sp³-hybridized carbons (Fsp3) is 0.400. The van der Waals surface area contributed by atoms with Crippen molar-refractivity contribution in [1.29, 1.82) is 0 Å². The summed E-state index contributed by atoms with van der Waals surface area (Å²) in [5, 5.41) is 9.30. The van der Waals surface area contributed by atoms with Crippen LogP contribution < -0.4 is 16.8 Å². The maximum Gasteiger partial charge on any atom is 0.123 e. The standard InChI is InChI=1S/C5H11N5/c6-3-8-1-4-2-9-10-5(4)7/h2,8H,1,3,6H2,(H3,7,9,10). The first-order chi connectivity index (χ1) is 4.84. The van der Waals surface area contributed by atoms with Crippen LogP contribution in [-0.4, -0.2) is 16.9 Å². The summed E-state index contributed by atoms with van der Waals surface area (Å²) in [5.74, 6) is 0.598. The minimum Gasteiger partial charge on any atom is -0.384 e. The topological polar surface area (TPSA) is 92.7 Å². The van der Waals surface area contributed by atoms with Gasteiger partial charge in [0.05, 0.1) is 6.20 Å². The summed E-state index contributed by atoms with van der Waals surface area (Å²) >= 11 is 0. The first-order valence-electron chi connectivity index (χ1n) is 3.03. The summed E-state index contributed by atoms with van der Waals surface area (Å²) in [6.45, 7) is 1.11. The number of anilines is 1. The number of hydrogen-bond acceptors (Lipinski definition) is 4. The van der Waals surface area contributed by atoms with Crippen LogP contribution in [0.2, 0.25) is 0 Å². The molecule has 0 bridgehead atoms. The highest BCUT2D eigenvalue weighted by atomic mass is 15.1. The fourth-order valence-electron chi connectivity index (χ4n) is 0.669. The summed E-state index contributed by atoms with van der Waals surface area (Å²) in [6, 6.07) is 0. The maximum atomic E-state index is 5.48. The van der Waals surface area contributed by atoms with E-state index in [1.165, 1.54) is 0 Å². The van der Waals surface area contributed by atoms with E-state index in [1.807, 2.05) is 0 Å². The van der Waals surface area contributed by atoms with Crippen molar-refractivity contribution in [2.24, 2.45) is 5.73 Å². The van der Waals surface area contributed by atoms with Crippen molar-refractivity contribution in [3.8, 4) is 0 Å². The van der Waals surface area contributed by atoms with Crippen LogP contribution in [0.4, 0.5) is 5.82 Å². The Labute approximate surface area is 58.8 Å². The molecule has 0 aliphatic rings. The zero-order valence-corrected chi connectivity index (χ0v) is 5.59. The zero-order valence-electron chi connectivity index (χ0n) is 5.59. The van der Waals surface area contributed by atoms with Crippen LogP contribution in [0.3, 0.4) is 0 Å². The number of hydrogen-bond donors (Lipinski definition) is 4. The molecule has 0 aliphatic heterocycles. The number of aromatic amines is 1. The average Bonchev–Trinajstić information content (AvgIpc) is 2.31. The van der Waals surface area contributed by atoms with Gasteiger partial charge in [0, 0.05) is 18.8 Å². The van der Waals surface area contributed by atoms with Gasteiger partial charge in [-0.25, -0.2) is 0 Å². The van der Waals surface area contributed by atoms with Gasteiger partial charge in [-0.15, -0.1) is 0 Å². The van der Waals surface area contributed by atoms with Crippen LogP contribution >= 0.6 is 0 Å². The SMILES string of the molecule is NCNCc1cn[nH]c1N. The molecule has 56 valence electrons. The Morgan fingerprint density at radius 3 is 3.00 bits per heavy atom. The predicted octanol–water partition coefficient (Wildman–Crippen LogP) is -1.00. The van der Waals surface area contributed by atoms with Crippen molar-refractivity contribution >= 4 is 5.82 Å². The van der Waals surface area contributed by atoms with Crippen LogP contribution in [0, 0.1) is 0 Å². The lowest BCUT2D eigenvalue weighted by Crippen LogP contribution is -2.21. The minimum atomic E-state index is 0.449. The highest BCUT2D eigenvalue weighted by Crippen LogP contribution is 2.03. The molecule has 0 aliphatic carbocycles. The number of H-pyrrole nitrogens is 1. The molecule has 1 aromatic heterocycles. The van der Waals surface area contributed by atoms with Crippen molar-refractivity contribution in [2.75, 3.05) is 12.4 Å². The maximum absolute atomic E-state index is 5.48. The Morgan fingerprint density at radius 1 is 1.70 bits per heavy atom. The van der Waals surface area contributed by atoms with Crippen molar-refractivity contribution in [3.05, 3.63) is 11.8 Å². The van der Waals surface area contributed by atoms with Gasteiger partial charge in [0.25, 0.3) is 0 Å². The van der Waals surface area contributed by atoms with E-state index >= 15 is 0 Å². The highest BCUT2D eigenvalue weighted by Gasteiger charge is 1.97. The number of nitrogens with one attached hydrogen (secondary N) is 2. The first kappa shape index (κ1) is 7.04. The van der Waals surface area contributed by atoms with Gasteiger partial charge in [0.15, 0.2) is 0 Å². The van der Waals surface area contributed by atoms with E-state index in [2.05, 4.69) is 15.5 Å². The third-order valence-electron chi connectivity index (χ3n) is 1.21. The Balaban J connectivity index is 2.49. The second kappa shape index (κ2) is 3.19. The summed E-state index contributed by atoms with van der Waals surface area (Å²) in [4.78, 5) is 0. The van der Waals surface area contributed by atoms with Gasteiger partial charge >= 0.3 is 0 Å².